The minimum atomic E-state index is -3.87. The zero-order valence-electron chi connectivity index (χ0n) is 8.75. The molecule has 0 atom stereocenters. The molecule has 0 saturated carbocycles. The first kappa shape index (κ1) is 11.9. The zero-order chi connectivity index (χ0) is 12.5. The smallest absolute Gasteiger partial charge is 0.262 e. The molecule has 0 N–H and O–H groups in total. The molecule has 1 aromatic heterocycles. The van der Waals surface area contributed by atoms with Crippen LogP contribution in [0, 0.1) is 0 Å². The van der Waals surface area contributed by atoms with Crippen LogP contribution in [0.3, 0.4) is 0 Å². The summed E-state index contributed by atoms with van der Waals surface area (Å²) >= 11 is 0. The van der Waals surface area contributed by atoms with Crippen LogP contribution in [0.5, 0.6) is 5.75 Å². The van der Waals surface area contributed by atoms with Gasteiger partial charge in [-0.25, -0.2) is 8.42 Å². The standard InChI is InChI=1S/C10H8ClNO4S/c1-15-8-2-3-9(7-5-12-16-6-7)10(4-8)17(11,13)14/h2-6H,1H3. The van der Waals surface area contributed by atoms with E-state index in [9.17, 15) is 8.42 Å². The number of hydrogen-bond acceptors (Lipinski definition) is 5. The second-order valence-corrected chi connectivity index (χ2v) is 5.75. The van der Waals surface area contributed by atoms with Crippen LogP contribution in [-0.4, -0.2) is 20.7 Å². The van der Waals surface area contributed by atoms with E-state index in [1.54, 1.807) is 12.1 Å². The van der Waals surface area contributed by atoms with Crippen molar-refractivity contribution in [2.75, 3.05) is 7.11 Å². The summed E-state index contributed by atoms with van der Waals surface area (Å²) < 4.78 is 32.6. The van der Waals surface area contributed by atoms with Crippen LogP contribution in [0.4, 0.5) is 0 Å². The molecule has 0 radical (unpaired) electrons. The molecule has 0 bridgehead atoms. The molecule has 2 rings (SSSR count). The molecular weight excluding hydrogens is 266 g/mol. The van der Waals surface area contributed by atoms with Crippen LogP contribution in [0.15, 0.2) is 40.1 Å². The van der Waals surface area contributed by atoms with Crippen LogP contribution < -0.4 is 4.74 Å². The van der Waals surface area contributed by atoms with Gasteiger partial charge >= 0.3 is 0 Å². The second-order valence-electron chi connectivity index (χ2n) is 3.21. The maximum absolute atomic E-state index is 11.5. The maximum Gasteiger partial charge on any atom is 0.262 e. The molecule has 7 heteroatoms. The fraction of sp³-hybridized carbons (Fsp3) is 0.100. The Morgan fingerprint density at radius 1 is 1.41 bits per heavy atom. The largest absolute Gasteiger partial charge is 0.497 e. The molecule has 0 amide bonds. The molecule has 0 aliphatic rings. The molecule has 0 fully saturated rings. The predicted octanol–water partition coefficient (Wildman–Crippen LogP) is 2.28. The molecule has 1 heterocycles. The highest BCUT2D eigenvalue weighted by atomic mass is 35.7. The number of aromatic nitrogens is 1. The van der Waals surface area contributed by atoms with E-state index >= 15 is 0 Å². The average Bonchev–Trinajstić information content (AvgIpc) is 2.80. The summed E-state index contributed by atoms with van der Waals surface area (Å²) in [6.07, 6.45) is 2.75. The number of benzene rings is 1. The van der Waals surface area contributed by atoms with Crippen LogP contribution in [-0.2, 0) is 9.05 Å². The first-order valence-electron chi connectivity index (χ1n) is 4.55. The minimum absolute atomic E-state index is 0.0401. The summed E-state index contributed by atoms with van der Waals surface area (Å²) in [6, 6.07) is 4.57. The molecule has 90 valence electrons. The fourth-order valence-corrected chi connectivity index (χ4v) is 2.50. The first-order chi connectivity index (χ1) is 8.02. The Hall–Kier alpha value is -1.53. The molecule has 17 heavy (non-hydrogen) atoms. The van der Waals surface area contributed by atoms with Gasteiger partial charge in [-0.05, 0) is 12.1 Å². The Morgan fingerprint density at radius 2 is 2.18 bits per heavy atom. The molecule has 0 saturated heterocycles. The van der Waals surface area contributed by atoms with Crippen LogP contribution in [0.2, 0.25) is 0 Å². The van der Waals surface area contributed by atoms with Crippen molar-refractivity contribution in [1.29, 1.82) is 0 Å². The molecule has 0 unspecified atom stereocenters. The van der Waals surface area contributed by atoms with Gasteiger partial charge in [0.15, 0.2) is 0 Å². The number of hydrogen-bond donors (Lipinski definition) is 0. The first-order valence-corrected chi connectivity index (χ1v) is 6.86. The fourth-order valence-electron chi connectivity index (χ4n) is 1.41. The van der Waals surface area contributed by atoms with Gasteiger partial charge in [-0.1, -0.05) is 5.16 Å². The van der Waals surface area contributed by atoms with Gasteiger partial charge in [0.25, 0.3) is 9.05 Å². The predicted molar refractivity (Wildman–Crippen MR) is 61.5 cm³/mol. The van der Waals surface area contributed by atoms with E-state index in [0.717, 1.165) is 0 Å². The highest BCUT2D eigenvalue weighted by Crippen LogP contribution is 2.32. The molecule has 0 aliphatic heterocycles. The van der Waals surface area contributed by atoms with Crippen molar-refractivity contribution in [3.8, 4) is 16.9 Å². The van der Waals surface area contributed by atoms with E-state index in [1.165, 1.54) is 25.6 Å². The van der Waals surface area contributed by atoms with Gasteiger partial charge in [0, 0.05) is 27.9 Å². The summed E-state index contributed by atoms with van der Waals surface area (Å²) in [5.41, 5.74) is 0.953. The summed E-state index contributed by atoms with van der Waals surface area (Å²) in [6.45, 7) is 0. The second kappa shape index (κ2) is 4.38. The van der Waals surface area contributed by atoms with Gasteiger partial charge in [0.1, 0.15) is 12.0 Å². The Kier molecular flexibility index (Phi) is 3.08. The third kappa shape index (κ3) is 2.42. The number of rotatable bonds is 3. The third-order valence-electron chi connectivity index (χ3n) is 2.19. The normalized spacial score (nSPS) is 11.4. The van der Waals surface area contributed by atoms with E-state index in [1.807, 2.05) is 0 Å². The molecule has 2 aromatic rings. The quantitative estimate of drug-likeness (QED) is 0.803. The summed E-state index contributed by atoms with van der Waals surface area (Å²) in [5, 5.41) is 3.52. The van der Waals surface area contributed by atoms with Crippen molar-refractivity contribution < 1.29 is 17.7 Å². The lowest BCUT2D eigenvalue weighted by atomic mass is 10.1. The van der Waals surface area contributed by atoms with Gasteiger partial charge in [0.05, 0.1) is 18.2 Å². The summed E-state index contributed by atoms with van der Waals surface area (Å²) in [7, 11) is 2.95. The molecular formula is C10H8ClNO4S. The molecule has 5 nitrogen and oxygen atoms in total. The Labute approximate surface area is 102 Å². The van der Waals surface area contributed by atoms with Crippen LogP contribution in [0.1, 0.15) is 0 Å². The van der Waals surface area contributed by atoms with Gasteiger partial charge in [-0.15, -0.1) is 0 Å². The van der Waals surface area contributed by atoms with Crippen molar-refractivity contribution in [1.82, 2.24) is 5.16 Å². The van der Waals surface area contributed by atoms with Crippen LogP contribution in [0.25, 0.3) is 11.1 Å². The number of nitrogens with zero attached hydrogens (tertiary/aromatic N) is 1. The SMILES string of the molecule is COc1ccc(-c2cnoc2)c(S(=O)(=O)Cl)c1. The van der Waals surface area contributed by atoms with Crippen molar-refractivity contribution in [2.45, 2.75) is 4.90 Å². The zero-order valence-corrected chi connectivity index (χ0v) is 10.3. The van der Waals surface area contributed by atoms with E-state index in [-0.39, 0.29) is 4.90 Å². The monoisotopic (exact) mass is 273 g/mol. The number of halogens is 1. The highest BCUT2D eigenvalue weighted by molar-refractivity contribution is 8.13. The highest BCUT2D eigenvalue weighted by Gasteiger charge is 2.18. The Morgan fingerprint density at radius 3 is 2.71 bits per heavy atom. The average molecular weight is 274 g/mol. The topological polar surface area (TPSA) is 69.4 Å². The van der Waals surface area contributed by atoms with E-state index in [0.29, 0.717) is 16.9 Å². The van der Waals surface area contributed by atoms with E-state index in [2.05, 4.69) is 9.68 Å². The van der Waals surface area contributed by atoms with E-state index < -0.39 is 9.05 Å². The summed E-state index contributed by atoms with van der Waals surface area (Å²) in [4.78, 5) is -0.0401. The van der Waals surface area contributed by atoms with Gasteiger partial charge in [-0.2, -0.15) is 0 Å². The molecule has 0 aliphatic carbocycles. The van der Waals surface area contributed by atoms with Gasteiger partial charge < -0.3 is 9.26 Å². The Bertz CT molecular complexity index is 622. The summed E-state index contributed by atoms with van der Waals surface area (Å²) in [5.74, 6) is 0.407. The third-order valence-corrected chi connectivity index (χ3v) is 3.56. The van der Waals surface area contributed by atoms with Crippen molar-refractivity contribution in [3.05, 3.63) is 30.7 Å². The molecule has 1 aromatic carbocycles. The Balaban J connectivity index is 2.68. The van der Waals surface area contributed by atoms with Crippen molar-refractivity contribution in [3.63, 3.8) is 0 Å². The van der Waals surface area contributed by atoms with E-state index in [4.69, 9.17) is 15.4 Å². The minimum Gasteiger partial charge on any atom is -0.497 e. The maximum atomic E-state index is 11.5. The van der Waals surface area contributed by atoms with Gasteiger partial charge in [0.2, 0.25) is 0 Å². The molecule has 0 spiro atoms. The number of ether oxygens (including phenoxy) is 1. The van der Waals surface area contributed by atoms with Crippen LogP contribution >= 0.6 is 10.7 Å². The van der Waals surface area contributed by atoms with Crippen molar-refractivity contribution >= 4 is 19.7 Å². The lowest BCUT2D eigenvalue weighted by Gasteiger charge is -2.06. The van der Waals surface area contributed by atoms with Gasteiger partial charge in [-0.3, -0.25) is 0 Å². The van der Waals surface area contributed by atoms with Crippen molar-refractivity contribution in [2.24, 2.45) is 0 Å². The lowest BCUT2D eigenvalue weighted by Crippen LogP contribution is -1.95. The lowest BCUT2D eigenvalue weighted by molar-refractivity contribution is 0.413. The number of methoxy groups -OCH3 is 1.